The van der Waals surface area contributed by atoms with E-state index in [4.69, 9.17) is 4.74 Å². The second-order valence-corrected chi connectivity index (χ2v) is 7.09. The Labute approximate surface area is 160 Å². The van der Waals surface area contributed by atoms with Gasteiger partial charge >= 0.3 is 12.0 Å². The van der Waals surface area contributed by atoms with Crippen LogP contribution in [0.2, 0.25) is 0 Å². The largest absolute Gasteiger partial charge is 0.454 e. The molecular formula is C20H29N3O4. The van der Waals surface area contributed by atoms with E-state index >= 15 is 0 Å². The van der Waals surface area contributed by atoms with Crippen molar-refractivity contribution in [2.24, 2.45) is 5.92 Å². The molecule has 1 aromatic carbocycles. The Balaban J connectivity index is 1.84. The van der Waals surface area contributed by atoms with Crippen molar-refractivity contribution in [2.45, 2.75) is 45.6 Å². The fraction of sp³-hybridized carbons (Fsp3) is 0.550. The first-order chi connectivity index (χ1) is 13.0. The highest BCUT2D eigenvalue weighted by Crippen LogP contribution is 2.11. The zero-order valence-corrected chi connectivity index (χ0v) is 16.1. The maximum absolute atomic E-state index is 12.4. The third-order valence-electron chi connectivity index (χ3n) is 4.54. The molecule has 7 nitrogen and oxygen atoms in total. The Bertz CT molecular complexity index is 625. The van der Waals surface area contributed by atoms with Gasteiger partial charge in [-0.25, -0.2) is 9.59 Å². The van der Waals surface area contributed by atoms with E-state index in [1.54, 1.807) is 29.2 Å². The number of esters is 1. The standard InChI is InChI=1S/C20H29N3O4/c1-15(2)18(22-20(26)21-16-10-6-5-7-11-16)19(25)27-14-17(24)23-12-8-3-4-9-13-23/h5-7,10-11,15,18H,3-4,8-9,12-14H2,1-2H3,(H2,21,22,26)/t18-/m1/s1. The van der Waals surface area contributed by atoms with Crippen LogP contribution in [0.15, 0.2) is 30.3 Å². The van der Waals surface area contributed by atoms with E-state index in [0.717, 1.165) is 25.7 Å². The summed E-state index contributed by atoms with van der Waals surface area (Å²) in [5, 5.41) is 5.30. The van der Waals surface area contributed by atoms with Crippen molar-refractivity contribution in [2.75, 3.05) is 25.0 Å². The van der Waals surface area contributed by atoms with Crippen molar-refractivity contribution < 1.29 is 19.1 Å². The Hall–Kier alpha value is -2.57. The molecule has 1 aliphatic rings. The number of nitrogens with zero attached hydrogens (tertiary/aromatic N) is 1. The van der Waals surface area contributed by atoms with Gasteiger partial charge in [-0.3, -0.25) is 4.79 Å². The molecule has 0 bridgehead atoms. The molecule has 27 heavy (non-hydrogen) atoms. The van der Waals surface area contributed by atoms with Crippen LogP contribution < -0.4 is 10.6 Å². The molecule has 0 aromatic heterocycles. The van der Waals surface area contributed by atoms with Gasteiger partial charge in [0.25, 0.3) is 5.91 Å². The van der Waals surface area contributed by atoms with Crippen LogP contribution in [0.1, 0.15) is 39.5 Å². The third kappa shape index (κ3) is 6.92. The van der Waals surface area contributed by atoms with Crippen molar-refractivity contribution >= 4 is 23.6 Å². The van der Waals surface area contributed by atoms with Gasteiger partial charge in [-0.1, -0.05) is 44.9 Å². The quantitative estimate of drug-likeness (QED) is 0.749. The number of ether oxygens (including phenoxy) is 1. The molecule has 0 saturated carbocycles. The lowest BCUT2D eigenvalue weighted by Crippen LogP contribution is -2.47. The van der Waals surface area contributed by atoms with Crippen LogP contribution in [0.4, 0.5) is 10.5 Å². The molecule has 3 amide bonds. The fourth-order valence-electron chi connectivity index (χ4n) is 2.96. The molecule has 1 heterocycles. The van der Waals surface area contributed by atoms with Crippen LogP contribution in [0.25, 0.3) is 0 Å². The highest BCUT2D eigenvalue weighted by atomic mass is 16.5. The van der Waals surface area contributed by atoms with E-state index < -0.39 is 18.0 Å². The zero-order valence-electron chi connectivity index (χ0n) is 16.1. The van der Waals surface area contributed by atoms with Gasteiger partial charge in [-0.05, 0) is 30.9 Å². The lowest BCUT2D eigenvalue weighted by Gasteiger charge is -2.23. The maximum atomic E-state index is 12.4. The van der Waals surface area contributed by atoms with Crippen molar-refractivity contribution in [1.29, 1.82) is 0 Å². The number of hydrogen-bond donors (Lipinski definition) is 2. The van der Waals surface area contributed by atoms with Gasteiger partial charge in [0.15, 0.2) is 6.61 Å². The summed E-state index contributed by atoms with van der Waals surface area (Å²) in [6.45, 7) is 4.75. The minimum atomic E-state index is -0.828. The summed E-state index contributed by atoms with van der Waals surface area (Å²) in [5.74, 6) is -0.954. The average molecular weight is 375 g/mol. The van der Waals surface area contributed by atoms with Crippen LogP contribution in [-0.2, 0) is 14.3 Å². The van der Waals surface area contributed by atoms with E-state index in [1.807, 2.05) is 19.9 Å². The van der Waals surface area contributed by atoms with E-state index in [0.29, 0.717) is 18.8 Å². The molecule has 148 valence electrons. The number of urea groups is 1. The van der Waals surface area contributed by atoms with Crippen LogP contribution in [0.5, 0.6) is 0 Å². The molecule has 0 unspecified atom stereocenters. The zero-order chi connectivity index (χ0) is 19.6. The first-order valence-corrected chi connectivity index (χ1v) is 9.54. The molecule has 1 fully saturated rings. The topological polar surface area (TPSA) is 87.7 Å². The van der Waals surface area contributed by atoms with Gasteiger partial charge in [0.1, 0.15) is 6.04 Å². The molecule has 2 rings (SSSR count). The highest BCUT2D eigenvalue weighted by molar-refractivity contribution is 5.93. The predicted molar refractivity (Wildman–Crippen MR) is 103 cm³/mol. The number of para-hydroxylation sites is 1. The lowest BCUT2D eigenvalue weighted by molar-refractivity contribution is -0.154. The molecule has 7 heteroatoms. The molecule has 1 saturated heterocycles. The van der Waals surface area contributed by atoms with E-state index in [1.165, 1.54) is 0 Å². The van der Waals surface area contributed by atoms with Gasteiger partial charge in [-0.2, -0.15) is 0 Å². The molecule has 1 atom stereocenters. The van der Waals surface area contributed by atoms with Gasteiger partial charge in [-0.15, -0.1) is 0 Å². The number of anilines is 1. The molecule has 0 radical (unpaired) electrons. The van der Waals surface area contributed by atoms with Gasteiger partial charge in [0, 0.05) is 18.8 Å². The van der Waals surface area contributed by atoms with Gasteiger partial charge in [0.05, 0.1) is 0 Å². The van der Waals surface area contributed by atoms with Crippen molar-refractivity contribution in [3.63, 3.8) is 0 Å². The molecular weight excluding hydrogens is 346 g/mol. The molecule has 1 aliphatic heterocycles. The minimum Gasteiger partial charge on any atom is -0.454 e. The highest BCUT2D eigenvalue weighted by Gasteiger charge is 2.27. The Morgan fingerprint density at radius 1 is 1.04 bits per heavy atom. The van der Waals surface area contributed by atoms with Crippen molar-refractivity contribution in [3.05, 3.63) is 30.3 Å². The smallest absolute Gasteiger partial charge is 0.329 e. The monoisotopic (exact) mass is 375 g/mol. The number of likely N-dealkylation sites (tertiary alicyclic amines) is 1. The summed E-state index contributed by atoms with van der Waals surface area (Å²) < 4.78 is 5.20. The van der Waals surface area contributed by atoms with Crippen LogP contribution in [0.3, 0.4) is 0 Å². The van der Waals surface area contributed by atoms with Crippen LogP contribution in [-0.4, -0.2) is 48.5 Å². The molecule has 0 aliphatic carbocycles. The summed E-state index contributed by atoms with van der Waals surface area (Å²) in [5.41, 5.74) is 0.627. The van der Waals surface area contributed by atoms with E-state index in [9.17, 15) is 14.4 Å². The van der Waals surface area contributed by atoms with Gasteiger partial charge < -0.3 is 20.3 Å². The number of carbonyl (C=O) groups is 3. The normalized spacial score (nSPS) is 15.6. The second-order valence-electron chi connectivity index (χ2n) is 7.09. The Kier molecular flexibility index (Phi) is 8.10. The second kappa shape index (κ2) is 10.5. The van der Waals surface area contributed by atoms with Gasteiger partial charge in [0.2, 0.25) is 0 Å². The predicted octanol–water partition coefficient (Wildman–Crippen LogP) is 2.78. The minimum absolute atomic E-state index is 0.174. The number of rotatable bonds is 6. The van der Waals surface area contributed by atoms with E-state index in [-0.39, 0.29) is 18.4 Å². The maximum Gasteiger partial charge on any atom is 0.329 e. The summed E-state index contributed by atoms with van der Waals surface area (Å²) in [7, 11) is 0. The summed E-state index contributed by atoms with van der Waals surface area (Å²) in [6.07, 6.45) is 4.21. The summed E-state index contributed by atoms with van der Waals surface area (Å²) >= 11 is 0. The van der Waals surface area contributed by atoms with E-state index in [2.05, 4.69) is 10.6 Å². The Morgan fingerprint density at radius 3 is 2.26 bits per heavy atom. The number of hydrogen-bond acceptors (Lipinski definition) is 4. The lowest BCUT2D eigenvalue weighted by atomic mass is 10.1. The number of carbonyl (C=O) groups excluding carboxylic acids is 3. The number of nitrogens with one attached hydrogen (secondary N) is 2. The number of amides is 3. The van der Waals surface area contributed by atoms with Crippen molar-refractivity contribution in [3.8, 4) is 0 Å². The Morgan fingerprint density at radius 2 is 1.67 bits per heavy atom. The van der Waals surface area contributed by atoms with Crippen molar-refractivity contribution in [1.82, 2.24) is 10.2 Å². The molecule has 1 aromatic rings. The first kappa shape index (κ1) is 20.7. The SMILES string of the molecule is CC(C)[C@@H](NC(=O)Nc1ccccc1)C(=O)OCC(=O)N1CCCCCC1. The molecule has 0 spiro atoms. The fourth-order valence-corrected chi connectivity index (χ4v) is 2.96. The van der Waals surface area contributed by atoms with Crippen LogP contribution in [0, 0.1) is 5.92 Å². The summed E-state index contributed by atoms with van der Waals surface area (Å²) in [4.78, 5) is 38.6. The van der Waals surface area contributed by atoms with Crippen LogP contribution >= 0.6 is 0 Å². The number of benzene rings is 1. The first-order valence-electron chi connectivity index (χ1n) is 9.54. The molecule has 2 N–H and O–H groups in total. The third-order valence-corrected chi connectivity index (χ3v) is 4.54. The average Bonchev–Trinajstić information content (AvgIpc) is 2.94. The summed E-state index contributed by atoms with van der Waals surface area (Å²) in [6, 6.07) is 7.64.